The van der Waals surface area contributed by atoms with Gasteiger partial charge in [-0.25, -0.2) is 9.97 Å². The lowest BCUT2D eigenvalue weighted by Gasteiger charge is -2.42. The van der Waals surface area contributed by atoms with E-state index in [9.17, 15) is 5.11 Å². The van der Waals surface area contributed by atoms with Crippen LogP contribution in [0, 0.1) is 6.92 Å². The molecule has 2 aromatic rings. The number of piperazine rings is 1. The highest BCUT2D eigenvalue weighted by atomic mass is 16.5. The summed E-state index contributed by atoms with van der Waals surface area (Å²) in [5.41, 5.74) is 2.46. The Labute approximate surface area is 168 Å². The van der Waals surface area contributed by atoms with Crippen LogP contribution in [0.15, 0.2) is 30.5 Å². The fourth-order valence-electron chi connectivity index (χ4n) is 3.81. The summed E-state index contributed by atoms with van der Waals surface area (Å²) >= 11 is 0. The van der Waals surface area contributed by atoms with Crippen LogP contribution in [0.2, 0.25) is 0 Å². The molecule has 1 aliphatic rings. The van der Waals surface area contributed by atoms with Crippen molar-refractivity contribution in [1.29, 1.82) is 0 Å². The topological polar surface area (TPSA) is 61.7 Å². The third-order valence-electron chi connectivity index (χ3n) is 5.33. The van der Waals surface area contributed by atoms with E-state index in [1.54, 1.807) is 0 Å². The number of rotatable bonds is 8. The van der Waals surface area contributed by atoms with Crippen LogP contribution in [0.25, 0.3) is 0 Å². The van der Waals surface area contributed by atoms with Gasteiger partial charge in [-0.3, -0.25) is 4.90 Å². The molecule has 1 fully saturated rings. The number of benzene rings is 1. The standard InChI is InChI=1S/C22H32N4O2/c1-4-19-14-23-17(3)24-22(19)26-12-11-25(20(16-26)10-13-27)15-18-6-8-21(9-7-18)28-5-2/h6-9,14,20,27H,4-5,10-13,15-16H2,1-3H3/t20-/m1/s1. The average molecular weight is 385 g/mol. The van der Waals surface area contributed by atoms with Crippen molar-refractivity contribution in [2.75, 3.05) is 37.7 Å². The molecule has 0 bridgehead atoms. The lowest BCUT2D eigenvalue weighted by molar-refractivity contribution is 0.135. The Kier molecular flexibility index (Phi) is 7.23. The molecule has 1 aromatic heterocycles. The van der Waals surface area contributed by atoms with Gasteiger partial charge in [0.15, 0.2) is 0 Å². The van der Waals surface area contributed by atoms with Crippen molar-refractivity contribution in [2.45, 2.75) is 46.2 Å². The SMILES string of the molecule is CCOc1ccc(CN2CCN(c3nc(C)ncc3CC)C[C@H]2CCO)cc1. The Morgan fingerprint density at radius 1 is 1.18 bits per heavy atom. The predicted octanol–water partition coefficient (Wildman–Crippen LogP) is 2.82. The molecule has 6 heteroatoms. The summed E-state index contributed by atoms with van der Waals surface area (Å²) in [7, 11) is 0. The van der Waals surface area contributed by atoms with E-state index in [2.05, 4.69) is 33.8 Å². The van der Waals surface area contributed by atoms with Crippen LogP contribution < -0.4 is 9.64 Å². The van der Waals surface area contributed by atoms with Crippen molar-refractivity contribution in [3.63, 3.8) is 0 Å². The summed E-state index contributed by atoms with van der Waals surface area (Å²) in [6.45, 7) is 10.6. The number of aliphatic hydroxyl groups excluding tert-OH is 1. The van der Waals surface area contributed by atoms with E-state index < -0.39 is 0 Å². The largest absolute Gasteiger partial charge is 0.494 e. The van der Waals surface area contributed by atoms with E-state index in [4.69, 9.17) is 9.72 Å². The number of anilines is 1. The second-order valence-corrected chi connectivity index (χ2v) is 7.28. The molecule has 0 spiro atoms. The molecule has 1 saturated heterocycles. The highest BCUT2D eigenvalue weighted by Crippen LogP contribution is 2.24. The van der Waals surface area contributed by atoms with Crippen LogP contribution in [0.3, 0.4) is 0 Å². The zero-order valence-electron chi connectivity index (χ0n) is 17.3. The fraction of sp³-hybridized carbons (Fsp3) is 0.545. The fourth-order valence-corrected chi connectivity index (χ4v) is 3.81. The minimum absolute atomic E-state index is 0.196. The summed E-state index contributed by atoms with van der Waals surface area (Å²) in [6, 6.07) is 8.64. The van der Waals surface area contributed by atoms with Gasteiger partial charge in [0.25, 0.3) is 0 Å². The maximum Gasteiger partial charge on any atom is 0.135 e. The first-order chi connectivity index (χ1) is 13.6. The molecule has 1 N–H and O–H groups in total. The quantitative estimate of drug-likeness (QED) is 0.755. The highest BCUT2D eigenvalue weighted by Gasteiger charge is 2.28. The maximum atomic E-state index is 9.61. The number of nitrogens with zero attached hydrogens (tertiary/aromatic N) is 4. The van der Waals surface area contributed by atoms with Gasteiger partial charge in [0.1, 0.15) is 17.4 Å². The molecule has 1 aliphatic heterocycles. The third kappa shape index (κ3) is 5.00. The van der Waals surface area contributed by atoms with Crippen molar-refractivity contribution in [3.05, 3.63) is 47.4 Å². The molecule has 0 radical (unpaired) electrons. The summed E-state index contributed by atoms with van der Waals surface area (Å²) < 4.78 is 5.54. The Hall–Kier alpha value is -2.18. The Bertz CT molecular complexity index is 751. The van der Waals surface area contributed by atoms with Gasteiger partial charge in [-0.05, 0) is 44.4 Å². The number of aromatic nitrogens is 2. The van der Waals surface area contributed by atoms with Crippen molar-refractivity contribution >= 4 is 5.82 Å². The van der Waals surface area contributed by atoms with Crippen LogP contribution in [-0.2, 0) is 13.0 Å². The van der Waals surface area contributed by atoms with E-state index in [-0.39, 0.29) is 6.61 Å². The summed E-state index contributed by atoms with van der Waals surface area (Å²) in [6.07, 6.45) is 3.64. The van der Waals surface area contributed by atoms with Gasteiger partial charge >= 0.3 is 0 Å². The second-order valence-electron chi connectivity index (χ2n) is 7.28. The number of aryl methyl sites for hydroxylation is 2. The van der Waals surface area contributed by atoms with Gasteiger partial charge in [0.2, 0.25) is 0 Å². The molecule has 3 rings (SSSR count). The molecule has 6 nitrogen and oxygen atoms in total. The van der Waals surface area contributed by atoms with Crippen molar-refractivity contribution < 1.29 is 9.84 Å². The smallest absolute Gasteiger partial charge is 0.135 e. The van der Waals surface area contributed by atoms with Gasteiger partial charge < -0.3 is 14.7 Å². The molecular weight excluding hydrogens is 352 g/mol. The first kappa shape index (κ1) is 20.6. The summed E-state index contributed by atoms with van der Waals surface area (Å²) in [5.74, 6) is 2.77. The van der Waals surface area contributed by atoms with E-state index in [1.807, 2.05) is 32.2 Å². The first-order valence-electron chi connectivity index (χ1n) is 10.3. The van der Waals surface area contributed by atoms with E-state index >= 15 is 0 Å². The van der Waals surface area contributed by atoms with Crippen LogP contribution in [0.4, 0.5) is 5.82 Å². The van der Waals surface area contributed by atoms with Crippen molar-refractivity contribution in [1.82, 2.24) is 14.9 Å². The minimum Gasteiger partial charge on any atom is -0.494 e. The number of ether oxygens (including phenoxy) is 1. The first-order valence-corrected chi connectivity index (χ1v) is 10.3. The van der Waals surface area contributed by atoms with Crippen molar-refractivity contribution in [2.24, 2.45) is 0 Å². The predicted molar refractivity (Wildman–Crippen MR) is 112 cm³/mol. The number of hydrogen-bond donors (Lipinski definition) is 1. The number of aliphatic hydroxyl groups is 1. The molecular formula is C22H32N4O2. The molecule has 28 heavy (non-hydrogen) atoms. The van der Waals surface area contributed by atoms with Crippen LogP contribution in [0.5, 0.6) is 5.75 Å². The van der Waals surface area contributed by atoms with Gasteiger partial charge in [-0.1, -0.05) is 19.1 Å². The Morgan fingerprint density at radius 3 is 2.64 bits per heavy atom. The molecule has 0 aliphatic carbocycles. The molecule has 1 aromatic carbocycles. The number of hydrogen-bond acceptors (Lipinski definition) is 6. The molecule has 0 saturated carbocycles. The summed E-state index contributed by atoms with van der Waals surface area (Å²) in [4.78, 5) is 13.9. The van der Waals surface area contributed by atoms with Crippen molar-refractivity contribution in [3.8, 4) is 5.75 Å². The summed E-state index contributed by atoms with van der Waals surface area (Å²) in [5, 5.41) is 9.61. The van der Waals surface area contributed by atoms with Crippen LogP contribution in [0.1, 0.15) is 37.2 Å². The average Bonchev–Trinajstić information content (AvgIpc) is 2.71. The highest BCUT2D eigenvalue weighted by molar-refractivity contribution is 5.47. The molecule has 0 amide bonds. The molecule has 2 heterocycles. The van der Waals surface area contributed by atoms with E-state index in [0.29, 0.717) is 12.6 Å². The van der Waals surface area contributed by atoms with Gasteiger partial charge in [-0.15, -0.1) is 0 Å². The van der Waals surface area contributed by atoms with E-state index in [0.717, 1.165) is 56.4 Å². The lowest BCUT2D eigenvalue weighted by Crippen LogP contribution is -2.53. The molecule has 1 atom stereocenters. The van der Waals surface area contributed by atoms with E-state index in [1.165, 1.54) is 11.1 Å². The Balaban J connectivity index is 1.71. The zero-order chi connectivity index (χ0) is 19.9. The molecule has 152 valence electrons. The minimum atomic E-state index is 0.196. The second kappa shape index (κ2) is 9.85. The Morgan fingerprint density at radius 2 is 1.96 bits per heavy atom. The van der Waals surface area contributed by atoms with Gasteiger partial charge in [0.05, 0.1) is 6.61 Å². The van der Waals surface area contributed by atoms with Crippen LogP contribution >= 0.6 is 0 Å². The lowest BCUT2D eigenvalue weighted by atomic mass is 10.1. The monoisotopic (exact) mass is 384 g/mol. The normalized spacial score (nSPS) is 17.7. The zero-order valence-corrected chi connectivity index (χ0v) is 17.3. The van der Waals surface area contributed by atoms with Crippen LogP contribution in [-0.4, -0.2) is 58.9 Å². The maximum absolute atomic E-state index is 9.61. The molecule has 0 unspecified atom stereocenters. The third-order valence-corrected chi connectivity index (χ3v) is 5.33. The van der Waals surface area contributed by atoms with Gasteiger partial charge in [0, 0.05) is 50.6 Å². The van der Waals surface area contributed by atoms with Gasteiger partial charge in [-0.2, -0.15) is 0 Å².